The molecular weight excluding hydrogens is 444 g/mol. The molecule has 6 heteroatoms. The second kappa shape index (κ2) is 10.2. The monoisotopic (exact) mass is 476 g/mol. The van der Waals surface area contributed by atoms with Crippen molar-refractivity contribution >= 4 is 15.7 Å². The SMILES string of the molecule is O=S(=O)(c1ccccc1)N(c1ccccc1)C1CCN(CCC2CCOc3ccccc32)CC1. The molecule has 34 heavy (non-hydrogen) atoms. The molecule has 1 saturated heterocycles. The molecular formula is C28H32N2O3S. The highest BCUT2D eigenvalue weighted by Gasteiger charge is 2.34. The lowest BCUT2D eigenvalue weighted by molar-refractivity contribution is 0.196. The largest absolute Gasteiger partial charge is 0.493 e. The van der Waals surface area contributed by atoms with Gasteiger partial charge in [0.05, 0.1) is 17.2 Å². The molecule has 2 heterocycles. The van der Waals surface area contributed by atoms with Crippen LogP contribution in [0.3, 0.4) is 0 Å². The van der Waals surface area contributed by atoms with Gasteiger partial charge in [0.15, 0.2) is 0 Å². The Kier molecular flexibility index (Phi) is 6.88. The maximum atomic E-state index is 13.7. The minimum atomic E-state index is -3.63. The molecule has 1 atom stereocenters. The van der Waals surface area contributed by atoms with Crippen molar-refractivity contribution in [3.63, 3.8) is 0 Å². The predicted molar refractivity (Wildman–Crippen MR) is 136 cm³/mol. The van der Waals surface area contributed by atoms with E-state index in [0.29, 0.717) is 10.8 Å². The van der Waals surface area contributed by atoms with Gasteiger partial charge in [0.1, 0.15) is 5.75 Å². The number of likely N-dealkylation sites (tertiary alicyclic amines) is 1. The molecule has 5 rings (SSSR count). The highest BCUT2D eigenvalue weighted by atomic mass is 32.2. The molecule has 0 aromatic heterocycles. The summed E-state index contributed by atoms with van der Waals surface area (Å²) in [5.41, 5.74) is 2.07. The number of para-hydroxylation sites is 2. The van der Waals surface area contributed by atoms with Crippen LogP contribution >= 0.6 is 0 Å². The Labute approximate surface area is 203 Å². The lowest BCUT2D eigenvalue weighted by Gasteiger charge is -2.39. The highest BCUT2D eigenvalue weighted by Crippen LogP contribution is 2.36. The van der Waals surface area contributed by atoms with Gasteiger partial charge in [-0.1, -0.05) is 54.6 Å². The molecule has 1 unspecified atom stereocenters. The number of hydrogen-bond acceptors (Lipinski definition) is 4. The van der Waals surface area contributed by atoms with E-state index in [1.807, 2.05) is 42.5 Å². The number of rotatable bonds is 7. The van der Waals surface area contributed by atoms with E-state index in [-0.39, 0.29) is 6.04 Å². The minimum Gasteiger partial charge on any atom is -0.493 e. The van der Waals surface area contributed by atoms with Crippen molar-refractivity contribution in [2.45, 2.75) is 42.5 Å². The van der Waals surface area contributed by atoms with E-state index in [4.69, 9.17) is 4.74 Å². The molecule has 0 radical (unpaired) electrons. The third-order valence-electron chi connectivity index (χ3n) is 7.08. The number of nitrogens with zero attached hydrogens (tertiary/aromatic N) is 2. The van der Waals surface area contributed by atoms with Gasteiger partial charge >= 0.3 is 0 Å². The highest BCUT2D eigenvalue weighted by molar-refractivity contribution is 7.92. The number of benzene rings is 3. The summed E-state index contributed by atoms with van der Waals surface area (Å²) >= 11 is 0. The first-order valence-corrected chi connectivity index (χ1v) is 13.7. The Morgan fingerprint density at radius 3 is 2.21 bits per heavy atom. The van der Waals surface area contributed by atoms with Crippen molar-refractivity contribution in [3.8, 4) is 5.75 Å². The second-order valence-corrected chi connectivity index (χ2v) is 11.0. The lowest BCUT2D eigenvalue weighted by Crippen LogP contribution is -2.47. The van der Waals surface area contributed by atoms with Crippen LogP contribution in [0.4, 0.5) is 5.69 Å². The van der Waals surface area contributed by atoms with Crippen LogP contribution in [0.15, 0.2) is 89.8 Å². The zero-order valence-electron chi connectivity index (χ0n) is 19.4. The van der Waals surface area contributed by atoms with Crippen molar-refractivity contribution in [2.75, 3.05) is 30.5 Å². The van der Waals surface area contributed by atoms with E-state index < -0.39 is 10.0 Å². The van der Waals surface area contributed by atoms with Gasteiger partial charge in [-0.05, 0) is 74.0 Å². The van der Waals surface area contributed by atoms with Crippen LogP contribution in [-0.4, -0.2) is 45.6 Å². The maximum Gasteiger partial charge on any atom is 0.264 e. The minimum absolute atomic E-state index is 0.0485. The van der Waals surface area contributed by atoms with E-state index in [9.17, 15) is 8.42 Å². The fourth-order valence-corrected chi connectivity index (χ4v) is 6.99. The molecule has 1 fully saturated rings. The average Bonchev–Trinajstić information content (AvgIpc) is 2.89. The lowest BCUT2D eigenvalue weighted by atomic mass is 9.90. The van der Waals surface area contributed by atoms with Crippen molar-refractivity contribution in [2.24, 2.45) is 0 Å². The van der Waals surface area contributed by atoms with Gasteiger partial charge in [0.2, 0.25) is 0 Å². The summed E-state index contributed by atoms with van der Waals surface area (Å²) in [4.78, 5) is 2.84. The molecule has 0 spiro atoms. The molecule has 2 aliphatic rings. The molecule has 0 amide bonds. The summed E-state index contributed by atoms with van der Waals surface area (Å²) < 4.78 is 34.8. The van der Waals surface area contributed by atoms with Crippen LogP contribution in [0, 0.1) is 0 Å². The number of piperidine rings is 1. The Balaban J connectivity index is 1.27. The zero-order chi connectivity index (χ0) is 23.4. The van der Waals surface area contributed by atoms with E-state index in [2.05, 4.69) is 23.1 Å². The molecule has 5 nitrogen and oxygen atoms in total. The average molecular weight is 477 g/mol. The first-order chi connectivity index (χ1) is 16.6. The Morgan fingerprint density at radius 2 is 1.47 bits per heavy atom. The predicted octanol–water partition coefficient (Wildman–Crippen LogP) is 5.30. The number of ether oxygens (including phenoxy) is 1. The van der Waals surface area contributed by atoms with Gasteiger partial charge in [-0.3, -0.25) is 4.31 Å². The van der Waals surface area contributed by atoms with E-state index in [0.717, 1.165) is 63.4 Å². The van der Waals surface area contributed by atoms with E-state index >= 15 is 0 Å². The quantitative estimate of drug-likeness (QED) is 0.464. The van der Waals surface area contributed by atoms with Gasteiger partial charge in [0.25, 0.3) is 10.0 Å². The summed E-state index contributed by atoms with van der Waals surface area (Å²) in [6.45, 7) is 3.63. The van der Waals surface area contributed by atoms with Gasteiger partial charge < -0.3 is 9.64 Å². The second-order valence-electron chi connectivity index (χ2n) is 9.18. The molecule has 3 aromatic rings. The summed E-state index contributed by atoms with van der Waals surface area (Å²) in [5.74, 6) is 1.56. The topological polar surface area (TPSA) is 49.9 Å². The molecule has 0 aliphatic carbocycles. The van der Waals surface area contributed by atoms with Crippen LogP contribution in [0.1, 0.15) is 37.2 Å². The van der Waals surface area contributed by atoms with Crippen molar-refractivity contribution in [1.29, 1.82) is 0 Å². The maximum absolute atomic E-state index is 13.7. The summed E-state index contributed by atoms with van der Waals surface area (Å²) in [7, 11) is -3.63. The molecule has 178 valence electrons. The van der Waals surface area contributed by atoms with Gasteiger partial charge in [-0.15, -0.1) is 0 Å². The van der Waals surface area contributed by atoms with Crippen molar-refractivity contribution in [1.82, 2.24) is 4.90 Å². The van der Waals surface area contributed by atoms with Crippen molar-refractivity contribution in [3.05, 3.63) is 90.5 Å². The molecule has 0 bridgehead atoms. The van der Waals surface area contributed by atoms with Crippen LogP contribution < -0.4 is 9.04 Å². The summed E-state index contributed by atoms with van der Waals surface area (Å²) in [6.07, 6.45) is 3.82. The van der Waals surface area contributed by atoms with E-state index in [1.54, 1.807) is 28.6 Å². The fourth-order valence-electron chi connectivity index (χ4n) is 5.26. The van der Waals surface area contributed by atoms with Crippen LogP contribution in [-0.2, 0) is 10.0 Å². The molecule has 3 aromatic carbocycles. The van der Waals surface area contributed by atoms with Crippen LogP contribution in [0.25, 0.3) is 0 Å². The Hall–Kier alpha value is -2.83. The fraction of sp³-hybridized carbons (Fsp3) is 0.357. The van der Waals surface area contributed by atoms with Gasteiger partial charge in [0, 0.05) is 19.1 Å². The Bertz CT molecular complexity index is 1180. The van der Waals surface area contributed by atoms with Crippen LogP contribution in [0.2, 0.25) is 0 Å². The zero-order valence-corrected chi connectivity index (χ0v) is 20.2. The number of hydrogen-bond donors (Lipinski definition) is 0. The third kappa shape index (κ3) is 4.84. The molecule has 0 saturated carbocycles. The summed E-state index contributed by atoms with van der Waals surface area (Å²) in [5, 5.41) is 0. The van der Waals surface area contributed by atoms with Crippen LogP contribution in [0.5, 0.6) is 5.75 Å². The smallest absolute Gasteiger partial charge is 0.264 e. The Morgan fingerprint density at radius 1 is 0.824 bits per heavy atom. The molecule has 2 aliphatic heterocycles. The number of anilines is 1. The molecule has 0 N–H and O–H groups in total. The standard InChI is InChI=1S/C28H32N2O3S/c31-34(32,26-11-5-2-6-12-26)30(24-9-3-1-4-10-24)25-16-20-29(21-17-25)19-15-23-18-22-33-28-14-8-7-13-27(23)28/h1-14,23,25H,15-22H2. The first-order valence-electron chi connectivity index (χ1n) is 12.2. The van der Waals surface area contributed by atoms with Gasteiger partial charge in [-0.25, -0.2) is 8.42 Å². The van der Waals surface area contributed by atoms with Crippen molar-refractivity contribution < 1.29 is 13.2 Å². The number of sulfonamides is 1. The normalized spacial score (nSPS) is 19.2. The third-order valence-corrected chi connectivity index (χ3v) is 8.97. The summed E-state index contributed by atoms with van der Waals surface area (Å²) in [6, 6.07) is 26.7. The van der Waals surface area contributed by atoms with E-state index in [1.165, 1.54) is 5.56 Å². The number of fused-ring (bicyclic) bond motifs is 1. The first kappa shape index (κ1) is 22.9. The van der Waals surface area contributed by atoms with Gasteiger partial charge in [-0.2, -0.15) is 0 Å².